The number of anilines is 2. The zero-order valence-corrected chi connectivity index (χ0v) is 18.3. The van der Waals surface area contributed by atoms with Gasteiger partial charge < -0.3 is 9.88 Å². The topological polar surface area (TPSA) is 103 Å². The zero-order chi connectivity index (χ0) is 21.3. The molecule has 4 rings (SSSR count). The predicted octanol–water partition coefficient (Wildman–Crippen LogP) is 3.80. The van der Waals surface area contributed by atoms with Crippen LogP contribution < -0.4 is 5.32 Å². The Bertz CT molecular complexity index is 1300. The number of imidazole rings is 1. The highest BCUT2D eigenvalue weighted by molar-refractivity contribution is 7.90. The van der Waals surface area contributed by atoms with Crippen molar-refractivity contribution in [3.05, 3.63) is 60.7 Å². The van der Waals surface area contributed by atoms with Gasteiger partial charge in [0.05, 0.1) is 27.4 Å². The lowest BCUT2D eigenvalue weighted by molar-refractivity contribution is 0.601. The summed E-state index contributed by atoms with van der Waals surface area (Å²) in [5.41, 5.74) is 2.31. The highest BCUT2D eigenvalue weighted by Crippen LogP contribution is 2.36. The molecule has 154 valence electrons. The van der Waals surface area contributed by atoms with Gasteiger partial charge in [-0.25, -0.2) is 23.4 Å². The molecule has 8 nitrogen and oxygen atoms in total. The molecule has 0 amide bonds. The number of sulfone groups is 1. The first-order valence-corrected chi connectivity index (χ1v) is 11.9. The van der Waals surface area contributed by atoms with Crippen LogP contribution in [0.4, 0.5) is 10.9 Å². The van der Waals surface area contributed by atoms with Crippen molar-refractivity contribution in [3.63, 3.8) is 0 Å². The normalized spacial score (nSPS) is 11.6. The quantitative estimate of drug-likeness (QED) is 0.486. The number of benzene rings is 1. The third kappa shape index (κ3) is 3.96. The van der Waals surface area contributed by atoms with E-state index in [1.807, 2.05) is 30.5 Å². The SMILES string of the molecule is CCc1nccn1-c1cc(-c2sc(Nc3cnccn3)nc2C)ccc1S(C)(=O)=O. The Labute approximate surface area is 178 Å². The average Bonchev–Trinajstić information content (AvgIpc) is 3.34. The molecule has 0 saturated heterocycles. The third-order valence-corrected chi connectivity index (χ3v) is 6.77. The molecular weight excluding hydrogens is 420 g/mol. The van der Waals surface area contributed by atoms with Gasteiger partial charge >= 0.3 is 0 Å². The molecule has 3 heterocycles. The average molecular weight is 441 g/mol. The molecule has 0 atom stereocenters. The fraction of sp³-hybridized carbons (Fsp3) is 0.200. The van der Waals surface area contributed by atoms with Crippen LogP contribution in [0.15, 0.2) is 54.1 Å². The molecule has 0 spiro atoms. The van der Waals surface area contributed by atoms with Crippen LogP contribution in [0.3, 0.4) is 0 Å². The van der Waals surface area contributed by atoms with Crippen molar-refractivity contribution in [2.24, 2.45) is 0 Å². The number of aryl methyl sites for hydroxylation is 2. The van der Waals surface area contributed by atoms with Gasteiger partial charge in [0.15, 0.2) is 20.8 Å². The first-order chi connectivity index (χ1) is 14.4. The van der Waals surface area contributed by atoms with Crippen molar-refractivity contribution < 1.29 is 8.42 Å². The molecule has 0 aliphatic rings. The molecule has 0 aliphatic carbocycles. The summed E-state index contributed by atoms with van der Waals surface area (Å²) in [5.74, 6) is 1.40. The van der Waals surface area contributed by atoms with E-state index in [0.717, 1.165) is 22.0 Å². The van der Waals surface area contributed by atoms with E-state index in [9.17, 15) is 8.42 Å². The second-order valence-electron chi connectivity index (χ2n) is 6.67. The van der Waals surface area contributed by atoms with E-state index in [1.54, 1.807) is 37.1 Å². The molecule has 30 heavy (non-hydrogen) atoms. The maximum atomic E-state index is 12.4. The molecule has 3 aromatic heterocycles. The van der Waals surface area contributed by atoms with E-state index in [-0.39, 0.29) is 4.90 Å². The van der Waals surface area contributed by atoms with Crippen LogP contribution in [0.1, 0.15) is 18.4 Å². The van der Waals surface area contributed by atoms with Crippen molar-refractivity contribution >= 4 is 32.1 Å². The highest BCUT2D eigenvalue weighted by Gasteiger charge is 2.19. The van der Waals surface area contributed by atoms with Crippen LogP contribution in [0, 0.1) is 6.92 Å². The first-order valence-electron chi connectivity index (χ1n) is 9.24. The van der Waals surface area contributed by atoms with Crippen molar-refractivity contribution in [2.45, 2.75) is 25.2 Å². The minimum absolute atomic E-state index is 0.263. The smallest absolute Gasteiger partial charge is 0.189 e. The minimum atomic E-state index is -3.42. The Morgan fingerprint density at radius 3 is 2.70 bits per heavy atom. The lowest BCUT2D eigenvalue weighted by atomic mass is 10.1. The van der Waals surface area contributed by atoms with Gasteiger partial charge in [-0.2, -0.15) is 0 Å². The number of thiazole rings is 1. The van der Waals surface area contributed by atoms with E-state index in [4.69, 9.17) is 0 Å². The maximum Gasteiger partial charge on any atom is 0.189 e. The van der Waals surface area contributed by atoms with Gasteiger partial charge in [-0.3, -0.25) is 4.98 Å². The monoisotopic (exact) mass is 440 g/mol. The molecule has 0 saturated carbocycles. The summed E-state index contributed by atoms with van der Waals surface area (Å²) in [6.45, 7) is 3.91. The summed E-state index contributed by atoms with van der Waals surface area (Å²) >= 11 is 1.47. The summed E-state index contributed by atoms with van der Waals surface area (Å²) in [6.07, 6.45) is 10.2. The van der Waals surface area contributed by atoms with Gasteiger partial charge in [0.2, 0.25) is 0 Å². The van der Waals surface area contributed by atoms with E-state index < -0.39 is 9.84 Å². The Balaban J connectivity index is 1.80. The lowest BCUT2D eigenvalue weighted by Gasteiger charge is -2.13. The first kappa shape index (κ1) is 20.2. The highest BCUT2D eigenvalue weighted by atomic mass is 32.2. The Morgan fingerprint density at radius 2 is 2.00 bits per heavy atom. The number of hydrogen-bond acceptors (Lipinski definition) is 8. The molecule has 0 aliphatic heterocycles. The number of nitrogens with zero attached hydrogens (tertiary/aromatic N) is 5. The van der Waals surface area contributed by atoms with E-state index in [1.165, 1.54) is 17.6 Å². The van der Waals surface area contributed by atoms with Crippen LogP contribution in [0.2, 0.25) is 0 Å². The minimum Gasteiger partial charge on any atom is -0.315 e. The van der Waals surface area contributed by atoms with Crippen LogP contribution >= 0.6 is 11.3 Å². The molecule has 0 radical (unpaired) electrons. The summed E-state index contributed by atoms with van der Waals surface area (Å²) < 4.78 is 26.6. The fourth-order valence-corrected chi connectivity index (χ4v) is 4.99. The van der Waals surface area contributed by atoms with Crippen LogP contribution in [0.25, 0.3) is 16.1 Å². The van der Waals surface area contributed by atoms with Gasteiger partial charge in [-0.05, 0) is 24.6 Å². The van der Waals surface area contributed by atoms with Crippen molar-refractivity contribution in [1.82, 2.24) is 24.5 Å². The zero-order valence-electron chi connectivity index (χ0n) is 16.7. The number of rotatable bonds is 6. The standard InChI is InChI=1S/C20H20N6O2S2/c1-4-18-23-9-10-26(18)15-11-14(5-6-16(15)30(3,27)28)19-13(2)24-20(29-19)25-17-12-21-7-8-22-17/h5-12H,4H2,1-3H3,(H,22,24,25). The Morgan fingerprint density at radius 1 is 1.17 bits per heavy atom. The number of aromatic nitrogens is 5. The summed E-state index contributed by atoms with van der Waals surface area (Å²) in [6, 6.07) is 5.34. The Hall–Kier alpha value is -3.11. The van der Waals surface area contributed by atoms with E-state index >= 15 is 0 Å². The van der Waals surface area contributed by atoms with Gasteiger partial charge in [-0.15, -0.1) is 0 Å². The number of nitrogens with one attached hydrogen (secondary N) is 1. The van der Waals surface area contributed by atoms with Crippen LogP contribution in [-0.2, 0) is 16.3 Å². The molecule has 4 aromatic rings. The Kier molecular flexibility index (Phi) is 5.35. The summed E-state index contributed by atoms with van der Waals surface area (Å²) in [5, 5.41) is 3.84. The molecular formula is C20H20N6O2S2. The predicted molar refractivity (Wildman–Crippen MR) is 117 cm³/mol. The molecule has 0 fully saturated rings. The van der Waals surface area contributed by atoms with Gasteiger partial charge in [0, 0.05) is 37.5 Å². The van der Waals surface area contributed by atoms with Gasteiger partial charge in [0.25, 0.3) is 0 Å². The fourth-order valence-electron chi connectivity index (χ4n) is 3.17. The number of hydrogen-bond donors (Lipinski definition) is 1. The second-order valence-corrected chi connectivity index (χ2v) is 9.65. The van der Waals surface area contributed by atoms with Crippen LogP contribution in [0.5, 0.6) is 0 Å². The lowest BCUT2D eigenvalue weighted by Crippen LogP contribution is -2.07. The molecule has 0 bridgehead atoms. The molecule has 1 N–H and O–H groups in total. The molecule has 1 aromatic carbocycles. The van der Waals surface area contributed by atoms with E-state index in [0.29, 0.717) is 23.1 Å². The largest absolute Gasteiger partial charge is 0.315 e. The molecule has 0 unspecified atom stereocenters. The van der Waals surface area contributed by atoms with Gasteiger partial charge in [-0.1, -0.05) is 24.3 Å². The second kappa shape index (κ2) is 7.96. The van der Waals surface area contributed by atoms with Crippen molar-refractivity contribution in [3.8, 4) is 16.1 Å². The third-order valence-electron chi connectivity index (χ3n) is 4.51. The van der Waals surface area contributed by atoms with Crippen molar-refractivity contribution in [2.75, 3.05) is 11.6 Å². The summed E-state index contributed by atoms with van der Waals surface area (Å²) in [7, 11) is -3.42. The van der Waals surface area contributed by atoms with Crippen LogP contribution in [-0.4, -0.2) is 39.2 Å². The summed E-state index contributed by atoms with van der Waals surface area (Å²) in [4.78, 5) is 18.4. The molecule has 10 heteroatoms. The van der Waals surface area contributed by atoms with E-state index in [2.05, 4.69) is 25.3 Å². The maximum absolute atomic E-state index is 12.4. The van der Waals surface area contributed by atoms with Gasteiger partial charge in [0.1, 0.15) is 5.82 Å². The van der Waals surface area contributed by atoms with Crippen molar-refractivity contribution in [1.29, 1.82) is 0 Å².